The Hall–Kier alpha value is -1.18. The van der Waals surface area contributed by atoms with Gasteiger partial charge in [-0.3, -0.25) is 4.79 Å². The van der Waals surface area contributed by atoms with Gasteiger partial charge in [-0.1, -0.05) is 36.5 Å². The first-order valence-electron chi connectivity index (χ1n) is 8.77. The lowest BCUT2D eigenvalue weighted by Crippen LogP contribution is -2.20. The van der Waals surface area contributed by atoms with Crippen molar-refractivity contribution in [3.05, 3.63) is 22.8 Å². The highest BCUT2D eigenvalue weighted by Gasteiger charge is 2.24. The fourth-order valence-electron chi connectivity index (χ4n) is 3.18. The standard InChI is InChI=1S/C20H32O2/c1-15(2)19(20(22)18-11-6-5-7-12-18)14-13-16(3)9-8-10-17(4)21/h9,18H,5-8,10-14H2,1-4H3/b16-9+. The van der Waals surface area contributed by atoms with Crippen LogP contribution in [0.15, 0.2) is 22.8 Å². The van der Waals surface area contributed by atoms with Crippen molar-refractivity contribution in [3.63, 3.8) is 0 Å². The van der Waals surface area contributed by atoms with Crippen molar-refractivity contribution in [1.82, 2.24) is 0 Å². The summed E-state index contributed by atoms with van der Waals surface area (Å²) >= 11 is 0. The van der Waals surface area contributed by atoms with Gasteiger partial charge in [-0.15, -0.1) is 0 Å². The Kier molecular flexibility index (Phi) is 8.37. The van der Waals surface area contributed by atoms with Crippen molar-refractivity contribution >= 4 is 11.6 Å². The second kappa shape index (κ2) is 9.76. The number of rotatable bonds is 8. The summed E-state index contributed by atoms with van der Waals surface area (Å²) < 4.78 is 0. The summed E-state index contributed by atoms with van der Waals surface area (Å²) in [5, 5.41) is 0. The smallest absolute Gasteiger partial charge is 0.161 e. The molecule has 1 rings (SSSR count). The Morgan fingerprint density at radius 3 is 2.09 bits per heavy atom. The van der Waals surface area contributed by atoms with Crippen LogP contribution < -0.4 is 0 Å². The van der Waals surface area contributed by atoms with Gasteiger partial charge in [0.1, 0.15) is 5.78 Å². The third kappa shape index (κ3) is 6.72. The molecular weight excluding hydrogens is 272 g/mol. The number of carbonyl (C=O) groups is 2. The number of allylic oxidation sites excluding steroid dienone is 4. The molecular formula is C20H32O2. The molecule has 0 heterocycles. The zero-order valence-electron chi connectivity index (χ0n) is 14.8. The number of ketones is 2. The van der Waals surface area contributed by atoms with Gasteiger partial charge in [0.05, 0.1) is 0 Å². The molecule has 2 heteroatoms. The maximum Gasteiger partial charge on any atom is 0.161 e. The molecule has 22 heavy (non-hydrogen) atoms. The second-order valence-corrected chi connectivity index (χ2v) is 6.97. The highest BCUT2D eigenvalue weighted by Crippen LogP contribution is 2.29. The first-order valence-corrected chi connectivity index (χ1v) is 8.77. The fourth-order valence-corrected chi connectivity index (χ4v) is 3.18. The van der Waals surface area contributed by atoms with Gasteiger partial charge < -0.3 is 4.79 Å². The molecule has 124 valence electrons. The predicted molar refractivity (Wildman–Crippen MR) is 92.9 cm³/mol. The van der Waals surface area contributed by atoms with Crippen LogP contribution in [0, 0.1) is 5.92 Å². The molecule has 0 aliphatic heterocycles. The van der Waals surface area contributed by atoms with Crippen LogP contribution >= 0.6 is 0 Å². The second-order valence-electron chi connectivity index (χ2n) is 6.97. The molecule has 0 atom stereocenters. The van der Waals surface area contributed by atoms with Gasteiger partial charge in [-0.2, -0.15) is 0 Å². The minimum atomic E-state index is 0.238. The normalized spacial score (nSPS) is 16.5. The summed E-state index contributed by atoms with van der Waals surface area (Å²) in [6, 6.07) is 0. The maximum absolute atomic E-state index is 12.7. The van der Waals surface area contributed by atoms with E-state index in [1.807, 2.05) is 0 Å². The van der Waals surface area contributed by atoms with Crippen molar-refractivity contribution in [1.29, 1.82) is 0 Å². The zero-order chi connectivity index (χ0) is 16.5. The molecule has 0 N–H and O–H groups in total. The molecule has 0 aromatic carbocycles. The third-order valence-corrected chi connectivity index (χ3v) is 4.64. The Bertz CT molecular complexity index is 444. The molecule has 1 aliphatic carbocycles. The zero-order valence-corrected chi connectivity index (χ0v) is 14.8. The first kappa shape index (κ1) is 18.9. The van der Waals surface area contributed by atoms with Crippen LogP contribution in [0.1, 0.15) is 85.5 Å². The summed E-state index contributed by atoms with van der Waals surface area (Å²) in [5.74, 6) is 0.901. The molecule has 1 aliphatic rings. The molecule has 0 bridgehead atoms. The number of hydrogen-bond donors (Lipinski definition) is 0. The monoisotopic (exact) mass is 304 g/mol. The van der Waals surface area contributed by atoms with Gasteiger partial charge in [0, 0.05) is 12.3 Å². The summed E-state index contributed by atoms with van der Waals surface area (Å²) in [7, 11) is 0. The lowest BCUT2D eigenvalue weighted by molar-refractivity contribution is -0.120. The summed E-state index contributed by atoms with van der Waals surface area (Å²) in [6.07, 6.45) is 11.2. The van der Waals surface area contributed by atoms with Crippen LogP contribution in [0.4, 0.5) is 0 Å². The van der Waals surface area contributed by atoms with Gasteiger partial charge in [0.25, 0.3) is 0 Å². The molecule has 1 fully saturated rings. The first-order chi connectivity index (χ1) is 10.4. The molecule has 2 nitrogen and oxygen atoms in total. The molecule has 0 aromatic heterocycles. The van der Waals surface area contributed by atoms with E-state index in [1.165, 1.54) is 30.4 Å². The van der Waals surface area contributed by atoms with Crippen LogP contribution in [0.25, 0.3) is 0 Å². The van der Waals surface area contributed by atoms with E-state index in [9.17, 15) is 9.59 Å². The number of hydrogen-bond acceptors (Lipinski definition) is 2. The quantitative estimate of drug-likeness (QED) is 0.434. The van der Waals surface area contributed by atoms with Crippen molar-refractivity contribution in [3.8, 4) is 0 Å². The van der Waals surface area contributed by atoms with Gasteiger partial charge in [0.15, 0.2) is 5.78 Å². The molecule has 0 amide bonds. The van der Waals surface area contributed by atoms with Gasteiger partial charge >= 0.3 is 0 Å². The average Bonchev–Trinajstić information content (AvgIpc) is 2.47. The Morgan fingerprint density at radius 1 is 0.909 bits per heavy atom. The Labute approximate surface area is 136 Å². The number of carbonyl (C=O) groups excluding carboxylic acids is 2. The maximum atomic E-state index is 12.7. The van der Waals surface area contributed by atoms with Crippen LogP contribution in [0.2, 0.25) is 0 Å². The Balaban J connectivity index is 2.56. The van der Waals surface area contributed by atoms with E-state index >= 15 is 0 Å². The SMILES string of the molecule is CC(=O)CC/C=C(\C)CCC(C(=O)C1CCCCC1)=C(C)C. The van der Waals surface area contributed by atoms with Crippen LogP contribution in [-0.2, 0) is 9.59 Å². The van der Waals surface area contributed by atoms with E-state index in [0.717, 1.165) is 37.7 Å². The highest BCUT2D eigenvalue weighted by molar-refractivity contribution is 5.97. The molecule has 0 unspecified atom stereocenters. The van der Waals surface area contributed by atoms with Crippen molar-refractivity contribution in [2.75, 3.05) is 0 Å². The van der Waals surface area contributed by atoms with Gasteiger partial charge in [0.2, 0.25) is 0 Å². The van der Waals surface area contributed by atoms with E-state index in [1.54, 1.807) is 6.92 Å². The molecule has 0 spiro atoms. The van der Waals surface area contributed by atoms with E-state index in [-0.39, 0.29) is 11.7 Å². The third-order valence-electron chi connectivity index (χ3n) is 4.64. The van der Waals surface area contributed by atoms with E-state index in [0.29, 0.717) is 12.2 Å². The minimum Gasteiger partial charge on any atom is -0.300 e. The lowest BCUT2D eigenvalue weighted by Gasteiger charge is -2.22. The fraction of sp³-hybridized carbons (Fsp3) is 0.700. The molecule has 0 saturated heterocycles. The lowest BCUT2D eigenvalue weighted by atomic mass is 9.81. The number of Topliss-reactive ketones (excluding diaryl/α,β-unsaturated/α-hetero) is 2. The van der Waals surface area contributed by atoms with Crippen LogP contribution in [-0.4, -0.2) is 11.6 Å². The largest absolute Gasteiger partial charge is 0.300 e. The topological polar surface area (TPSA) is 34.1 Å². The highest BCUT2D eigenvalue weighted by atomic mass is 16.1. The molecule has 0 radical (unpaired) electrons. The van der Waals surface area contributed by atoms with Crippen molar-refractivity contribution in [2.24, 2.45) is 5.92 Å². The minimum absolute atomic E-state index is 0.238. The van der Waals surface area contributed by atoms with E-state index < -0.39 is 0 Å². The molecule has 0 aromatic rings. The van der Waals surface area contributed by atoms with Crippen molar-refractivity contribution in [2.45, 2.75) is 85.5 Å². The van der Waals surface area contributed by atoms with E-state index in [2.05, 4.69) is 26.8 Å². The predicted octanol–water partition coefficient (Wildman–Crippen LogP) is 5.57. The summed E-state index contributed by atoms with van der Waals surface area (Å²) in [4.78, 5) is 23.7. The van der Waals surface area contributed by atoms with Crippen molar-refractivity contribution < 1.29 is 9.59 Å². The van der Waals surface area contributed by atoms with E-state index in [4.69, 9.17) is 0 Å². The molecule has 1 saturated carbocycles. The van der Waals surface area contributed by atoms with Gasteiger partial charge in [-0.05, 0) is 65.4 Å². The summed E-state index contributed by atoms with van der Waals surface area (Å²) in [5.41, 5.74) is 3.51. The van der Waals surface area contributed by atoms with Crippen LogP contribution in [0.5, 0.6) is 0 Å². The Morgan fingerprint density at radius 2 is 1.55 bits per heavy atom. The average molecular weight is 304 g/mol. The van der Waals surface area contributed by atoms with Crippen LogP contribution in [0.3, 0.4) is 0 Å². The summed E-state index contributed by atoms with van der Waals surface area (Å²) in [6.45, 7) is 7.86. The van der Waals surface area contributed by atoms with Gasteiger partial charge in [-0.25, -0.2) is 0 Å².